The van der Waals surface area contributed by atoms with Gasteiger partial charge in [-0.25, -0.2) is 0 Å². The number of hydrogen-bond donors (Lipinski definition) is 0. The third kappa shape index (κ3) is 2.17. The quantitative estimate of drug-likeness (QED) is 0.796. The van der Waals surface area contributed by atoms with Gasteiger partial charge in [-0.15, -0.1) is 0 Å². The molecule has 1 aliphatic heterocycles. The number of aromatic nitrogens is 1. The Morgan fingerprint density at radius 3 is 2.68 bits per heavy atom. The maximum Gasteiger partial charge on any atom is 0.258 e. The summed E-state index contributed by atoms with van der Waals surface area (Å²) in [6.45, 7) is 0.477. The second kappa shape index (κ2) is 4.93. The first-order valence-electron chi connectivity index (χ1n) is 5.96. The van der Waals surface area contributed by atoms with Crippen molar-refractivity contribution in [3.8, 4) is 0 Å². The first-order chi connectivity index (χ1) is 9.27. The Labute approximate surface area is 113 Å². The summed E-state index contributed by atoms with van der Waals surface area (Å²) in [4.78, 5) is 18.8. The summed E-state index contributed by atoms with van der Waals surface area (Å²) in [6, 6.07) is 10.7. The fourth-order valence-electron chi connectivity index (χ4n) is 2.14. The monoisotopic (exact) mass is 272 g/mol. The van der Waals surface area contributed by atoms with Gasteiger partial charge in [-0.1, -0.05) is 12.1 Å². The van der Waals surface area contributed by atoms with Gasteiger partial charge >= 0.3 is 0 Å². The predicted molar refractivity (Wildman–Crippen MR) is 73.6 cm³/mol. The summed E-state index contributed by atoms with van der Waals surface area (Å²) in [5, 5.41) is 0. The van der Waals surface area contributed by atoms with Gasteiger partial charge in [0.25, 0.3) is 5.91 Å². The zero-order chi connectivity index (χ0) is 13.2. The van der Waals surface area contributed by atoms with Gasteiger partial charge in [-0.05, 0) is 24.3 Å². The summed E-state index contributed by atoms with van der Waals surface area (Å²) < 4.78 is 12.0. The summed E-state index contributed by atoms with van der Waals surface area (Å²) in [6.07, 6.45) is 3.20. The van der Waals surface area contributed by atoms with E-state index in [2.05, 4.69) is 4.98 Å². The first kappa shape index (κ1) is 12.0. The number of benzene rings is 1. The van der Waals surface area contributed by atoms with Crippen LogP contribution in [0.1, 0.15) is 10.4 Å². The summed E-state index contributed by atoms with van der Waals surface area (Å²) >= 11 is 0. The van der Waals surface area contributed by atoms with E-state index < -0.39 is 10.8 Å². The van der Waals surface area contributed by atoms with Gasteiger partial charge in [-0.2, -0.15) is 0 Å². The minimum Gasteiger partial charge on any atom is -0.306 e. The maximum absolute atomic E-state index is 12.5. The molecule has 0 bridgehead atoms. The van der Waals surface area contributed by atoms with Gasteiger partial charge in [0.2, 0.25) is 0 Å². The van der Waals surface area contributed by atoms with Crippen LogP contribution in [0.25, 0.3) is 0 Å². The molecular weight excluding hydrogens is 260 g/mol. The van der Waals surface area contributed by atoms with Crippen molar-refractivity contribution >= 4 is 22.4 Å². The van der Waals surface area contributed by atoms with E-state index in [0.717, 1.165) is 10.6 Å². The van der Waals surface area contributed by atoms with Gasteiger partial charge in [0, 0.05) is 30.3 Å². The molecule has 1 aromatic heterocycles. The Balaban J connectivity index is 2.02. The second-order valence-corrected chi connectivity index (χ2v) is 5.75. The number of carbonyl (C=O) groups is 1. The van der Waals surface area contributed by atoms with Crippen LogP contribution in [0, 0.1) is 0 Å². The highest BCUT2D eigenvalue weighted by Crippen LogP contribution is 2.29. The van der Waals surface area contributed by atoms with Crippen molar-refractivity contribution in [3.63, 3.8) is 0 Å². The molecule has 0 fully saturated rings. The largest absolute Gasteiger partial charge is 0.306 e. The highest BCUT2D eigenvalue weighted by atomic mass is 32.2. The van der Waals surface area contributed by atoms with E-state index in [1.54, 1.807) is 29.4 Å². The van der Waals surface area contributed by atoms with Crippen molar-refractivity contribution in [1.82, 2.24) is 4.98 Å². The predicted octanol–water partition coefficient (Wildman–Crippen LogP) is 1.85. The Bertz CT molecular complexity index is 643. The van der Waals surface area contributed by atoms with Crippen LogP contribution in [0.2, 0.25) is 0 Å². The van der Waals surface area contributed by atoms with Crippen LogP contribution in [0.5, 0.6) is 0 Å². The molecule has 96 valence electrons. The molecule has 1 atom stereocenters. The summed E-state index contributed by atoms with van der Waals surface area (Å²) in [7, 11) is -1.02. The van der Waals surface area contributed by atoms with Crippen molar-refractivity contribution in [3.05, 3.63) is 54.4 Å². The molecule has 2 aromatic rings. The van der Waals surface area contributed by atoms with Crippen molar-refractivity contribution in [2.45, 2.75) is 4.90 Å². The van der Waals surface area contributed by atoms with Gasteiger partial charge in [0.1, 0.15) is 0 Å². The number of amides is 1. The SMILES string of the molecule is O=C(c1ccncc1)N1CCS(=O)c2ccccc21. The van der Waals surface area contributed by atoms with E-state index >= 15 is 0 Å². The molecule has 0 aliphatic carbocycles. The Hall–Kier alpha value is -2.01. The molecule has 1 unspecified atom stereocenters. The topological polar surface area (TPSA) is 50.3 Å². The number of carbonyl (C=O) groups excluding carboxylic acids is 1. The number of fused-ring (bicyclic) bond motifs is 1. The molecule has 0 saturated carbocycles. The maximum atomic E-state index is 12.5. The van der Waals surface area contributed by atoms with E-state index in [1.165, 1.54) is 0 Å². The van der Waals surface area contributed by atoms with Crippen molar-refractivity contribution in [1.29, 1.82) is 0 Å². The van der Waals surface area contributed by atoms with Crippen molar-refractivity contribution in [2.24, 2.45) is 0 Å². The molecule has 1 aliphatic rings. The lowest BCUT2D eigenvalue weighted by Gasteiger charge is -2.28. The zero-order valence-electron chi connectivity index (χ0n) is 10.2. The normalized spacial score (nSPS) is 17.9. The second-order valence-electron chi connectivity index (χ2n) is 4.21. The summed E-state index contributed by atoms with van der Waals surface area (Å²) in [5.41, 5.74) is 1.34. The fraction of sp³-hybridized carbons (Fsp3) is 0.143. The molecule has 0 radical (unpaired) electrons. The molecule has 5 heteroatoms. The van der Waals surface area contributed by atoms with E-state index in [9.17, 15) is 9.00 Å². The van der Waals surface area contributed by atoms with Crippen LogP contribution in [0.4, 0.5) is 5.69 Å². The van der Waals surface area contributed by atoms with Crippen LogP contribution >= 0.6 is 0 Å². The van der Waals surface area contributed by atoms with Crippen LogP contribution in [-0.4, -0.2) is 27.4 Å². The number of para-hydroxylation sites is 1. The zero-order valence-corrected chi connectivity index (χ0v) is 11.0. The molecule has 1 amide bonds. The van der Waals surface area contributed by atoms with Crippen LogP contribution in [-0.2, 0) is 10.8 Å². The molecule has 0 saturated heterocycles. The van der Waals surface area contributed by atoms with Crippen molar-refractivity contribution < 1.29 is 9.00 Å². The molecule has 4 nitrogen and oxygen atoms in total. The third-order valence-corrected chi connectivity index (χ3v) is 4.46. The molecule has 0 N–H and O–H groups in total. The van der Waals surface area contributed by atoms with Crippen LogP contribution in [0.15, 0.2) is 53.7 Å². The molecule has 3 rings (SSSR count). The minimum absolute atomic E-state index is 0.0773. The molecule has 19 heavy (non-hydrogen) atoms. The number of nitrogens with zero attached hydrogens (tertiary/aromatic N) is 2. The Morgan fingerprint density at radius 1 is 1.16 bits per heavy atom. The van der Waals surface area contributed by atoms with E-state index in [-0.39, 0.29) is 5.91 Å². The van der Waals surface area contributed by atoms with E-state index in [0.29, 0.717) is 17.9 Å². The molecule has 1 aromatic carbocycles. The number of anilines is 1. The standard InChI is InChI=1S/C14H12N2O2S/c17-14(11-5-7-15-8-6-11)16-9-10-19(18)13-4-2-1-3-12(13)16/h1-8H,9-10H2. The van der Waals surface area contributed by atoms with E-state index in [1.807, 2.05) is 24.3 Å². The molecule has 2 heterocycles. The summed E-state index contributed by atoms with van der Waals surface area (Å²) in [5.74, 6) is 0.403. The average molecular weight is 272 g/mol. The lowest BCUT2D eigenvalue weighted by atomic mass is 10.2. The lowest BCUT2D eigenvalue weighted by Crippen LogP contribution is -2.38. The van der Waals surface area contributed by atoms with Crippen molar-refractivity contribution in [2.75, 3.05) is 17.2 Å². The highest BCUT2D eigenvalue weighted by Gasteiger charge is 2.26. The lowest BCUT2D eigenvalue weighted by molar-refractivity contribution is 0.0987. The average Bonchev–Trinajstić information content (AvgIpc) is 2.48. The first-order valence-corrected chi connectivity index (χ1v) is 7.28. The fourth-order valence-corrected chi connectivity index (χ4v) is 3.35. The number of pyridine rings is 1. The van der Waals surface area contributed by atoms with Gasteiger partial charge in [0.05, 0.1) is 21.4 Å². The smallest absolute Gasteiger partial charge is 0.258 e. The van der Waals surface area contributed by atoms with Gasteiger partial charge in [-0.3, -0.25) is 14.0 Å². The number of rotatable bonds is 1. The molecule has 0 spiro atoms. The van der Waals surface area contributed by atoms with Crippen LogP contribution < -0.4 is 4.90 Å². The van der Waals surface area contributed by atoms with Crippen LogP contribution in [0.3, 0.4) is 0 Å². The molecular formula is C14H12N2O2S. The Kier molecular flexibility index (Phi) is 3.13. The van der Waals surface area contributed by atoms with Gasteiger partial charge < -0.3 is 4.90 Å². The Morgan fingerprint density at radius 2 is 1.89 bits per heavy atom. The minimum atomic E-state index is -1.02. The number of hydrogen-bond acceptors (Lipinski definition) is 3. The van der Waals surface area contributed by atoms with E-state index in [4.69, 9.17) is 0 Å². The third-order valence-electron chi connectivity index (χ3n) is 3.07. The van der Waals surface area contributed by atoms with Gasteiger partial charge in [0.15, 0.2) is 0 Å². The highest BCUT2D eigenvalue weighted by molar-refractivity contribution is 7.85.